The number of nitrogens with zero attached hydrogens (tertiary/aromatic N) is 1. The largest absolute Gasteiger partial charge is 0.493 e. The van der Waals surface area contributed by atoms with Crippen molar-refractivity contribution in [3.63, 3.8) is 0 Å². The van der Waals surface area contributed by atoms with Gasteiger partial charge in [-0.1, -0.05) is 18.0 Å². The van der Waals surface area contributed by atoms with Crippen LogP contribution in [0.5, 0.6) is 11.5 Å². The average molecular weight is 397 g/mol. The van der Waals surface area contributed by atoms with Crippen LogP contribution in [0.15, 0.2) is 12.1 Å². The second-order valence-corrected chi connectivity index (χ2v) is 7.54. The Morgan fingerprint density at radius 1 is 1.44 bits per heavy atom. The summed E-state index contributed by atoms with van der Waals surface area (Å²) in [6.07, 6.45) is 2.42. The fourth-order valence-electron chi connectivity index (χ4n) is 4.24. The van der Waals surface area contributed by atoms with E-state index in [1.807, 2.05) is 6.92 Å². The van der Waals surface area contributed by atoms with Crippen molar-refractivity contribution in [3.05, 3.63) is 22.7 Å². The third kappa shape index (κ3) is 3.65. The van der Waals surface area contributed by atoms with Crippen LogP contribution in [-0.4, -0.2) is 48.8 Å². The quantitative estimate of drug-likeness (QED) is 0.771. The summed E-state index contributed by atoms with van der Waals surface area (Å²) in [6.45, 7) is 3.35. The van der Waals surface area contributed by atoms with Gasteiger partial charge in [0.15, 0.2) is 11.5 Å². The van der Waals surface area contributed by atoms with Crippen molar-refractivity contribution in [2.45, 2.75) is 32.7 Å². The van der Waals surface area contributed by atoms with Gasteiger partial charge in [0.25, 0.3) is 0 Å². The van der Waals surface area contributed by atoms with Crippen LogP contribution in [0.25, 0.3) is 0 Å². The Morgan fingerprint density at radius 2 is 2.22 bits per heavy atom. The Hall–Kier alpha value is -2.15. The van der Waals surface area contributed by atoms with Crippen molar-refractivity contribution >= 4 is 23.6 Å². The van der Waals surface area contributed by atoms with E-state index in [1.54, 1.807) is 17.0 Å². The number of rotatable bonds is 6. The van der Waals surface area contributed by atoms with E-state index in [4.69, 9.17) is 21.1 Å². The van der Waals surface area contributed by atoms with E-state index in [0.717, 1.165) is 18.4 Å². The molecule has 2 atom stereocenters. The molecule has 1 saturated heterocycles. The number of benzene rings is 1. The molecule has 1 saturated carbocycles. The van der Waals surface area contributed by atoms with Crippen LogP contribution in [0.2, 0.25) is 5.02 Å². The van der Waals surface area contributed by atoms with Gasteiger partial charge >= 0.3 is 12.0 Å². The Labute approximate surface area is 163 Å². The maximum absolute atomic E-state index is 12.6. The number of urea groups is 1. The second-order valence-electron chi connectivity index (χ2n) is 7.13. The minimum atomic E-state index is -0.789. The lowest BCUT2D eigenvalue weighted by Crippen LogP contribution is -2.41. The zero-order valence-electron chi connectivity index (χ0n) is 15.6. The van der Waals surface area contributed by atoms with E-state index in [2.05, 4.69) is 5.32 Å². The van der Waals surface area contributed by atoms with Gasteiger partial charge in [-0.3, -0.25) is 4.79 Å². The van der Waals surface area contributed by atoms with Crippen LogP contribution < -0.4 is 14.8 Å². The summed E-state index contributed by atoms with van der Waals surface area (Å²) >= 11 is 6.26. The third-order valence-electron chi connectivity index (χ3n) is 5.61. The second kappa shape index (κ2) is 7.84. The number of carboxylic acid groups (broad SMARTS) is 1. The predicted octanol–water partition coefficient (Wildman–Crippen LogP) is 3.14. The van der Waals surface area contributed by atoms with E-state index in [1.165, 1.54) is 7.11 Å². The number of hydrogen-bond donors (Lipinski definition) is 2. The summed E-state index contributed by atoms with van der Waals surface area (Å²) < 4.78 is 10.8. The van der Waals surface area contributed by atoms with Crippen LogP contribution in [0.4, 0.5) is 4.79 Å². The molecule has 1 heterocycles. The Bertz CT molecular complexity index is 741. The monoisotopic (exact) mass is 396 g/mol. The van der Waals surface area contributed by atoms with Crippen molar-refractivity contribution in [2.75, 3.05) is 26.8 Å². The first-order valence-corrected chi connectivity index (χ1v) is 9.54. The number of methoxy groups -OCH3 is 1. The summed E-state index contributed by atoms with van der Waals surface area (Å²) in [5, 5.41) is 12.9. The summed E-state index contributed by atoms with van der Waals surface area (Å²) in [6, 6.07) is 3.25. The molecule has 0 spiro atoms. The average Bonchev–Trinajstić information content (AvgIpc) is 3.20. The maximum Gasteiger partial charge on any atom is 0.317 e. The number of aliphatic carboxylic acids is 1. The van der Waals surface area contributed by atoms with Crippen molar-refractivity contribution in [1.82, 2.24) is 10.2 Å². The topological polar surface area (TPSA) is 88.1 Å². The molecule has 1 aliphatic carbocycles. The summed E-state index contributed by atoms with van der Waals surface area (Å²) in [5.41, 5.74) is 0.00390. The Balaban J connectivity index is 1.65. The van der Waals surface area contributed by atoms with E-state index >= 15 is 0 Å². The number of nitrogens with one attached hydrogen (secondary N) is 1. The third-order valence-corrected chi connectivity index (χ3v) is 5.89. The summed E-state index contributed by atoms with van der Waals surface area (Å²) in [7, 11) is 1.53. The number of halogens is 1. The first-order valence-electron chi connectivity index (χ1n) is 9.16. The summed E-state index contributed by atoms with van der Waals surface area (Å²) in [4.78, 5) is 25.9. The minimum Gasteiger partial charge on any atom is -0.493 e. The van der Waals surface area contributed by atoms with Crippen LogP contribution in [-0.2, 0) is 11.3 Å². The molecule has 2 amide bonds. The Morgan fingerprint density at radius 3 is 2.85 bits per heavy atom. The number of hydrogen-bond acceptors (Lipinski definition) is 4. The van der Waals surface area contributed by atoms with E-state index < -0.39 is 11.4 Å². The smallest absolute Gasteiger partial charge is 0.317 e. The van der Waals surface area contributed by atoms with Gasteiger partial charge < -0.3 is 24.8 Å². The molecule has 0 unspecified atom stereocenters. The highest BCUT2D eigenvalue weighted by Gasteiger charge is 2.55. The van der Waals surface area contributed by atoms with Crippen LogP contribution in [0, 0.1) is 11.3 Å². The molecule has 0 bridgehead atoms. The maximum atomic E-state index is 12.6. The highest BCUT2D eigenvalue weighted by molar-refractivity contribution is 6.32. The number of likely N-dealkylation sites (tertiary alicyclic amines) is 1. The standard InChI is InChI=1S/C19H25ClN2O5/c1-3-27-16-14(20)7-12(8-15(16)26-2)9-21-18(25)22-10-13-5-4-6-19(13,11-22)17(23)24/h7-8,13H,3-6,9-11H2,1-2H3,(H,21,25)(H,23,24)/t13-,19+/m0/s1. The lowest BCUT2D eigenvalue weighted by Gasteiger charge is -2.23. The highest BCUT2D eigenvalue weighted by atomic mass is 35.5. The van der Waals surface area contributed by atoms with Gasteiger partial charge in [0.1, 0.15) is 0 Å². The molecular weight excluding hydrogens is 372 g/mol. The molecule has 1 aromatic carbocycles. The van der Waals surface area contributed by atoms with Crippen molar-refractivity contribution in [1.29, 1.82) is 0 Å². The number of fused-ring (bicyclic) bond motifs is 1. The van der Waals surface area contributed by atoms with Gasteiger partial charge in [-0.15, -0.1) is 0 Å². The molecule has 3 rings (SSSR count). The van der Waals surface area contributed by atoms with Crippen molar-refractivity contribution in [2.24, 2.45) is 11.3 Å². The molecule has 0 radical (unpaired) electrons. The first-order chi connectivity index (χ1) is 12.9. The lowest BCUT2D eigenvalue weighted by atomic mass is 9.81. The number of carboxylic acids is 1. The van der Waals surface area contributed by atoms with Crippen LogP contribution in [0.1, 0.15) is 31.7 Å². The predicted molar refractivity (Wildman–Crippen MR) is 100 cm³/mol. The molecule has 7 nitrogen and oxygen atoms in total. The van der Waals surface area contributed by atoms with Crippen molar-refractivity contribution < 1.29 is 24.2 Å². The zero-order valence-corrected chi connectivity index (χ0v) is 16.3. The minimum absolute atomic E-state index is 0.0424. The van der Waals surface area contributed by atoms with E-state index in [9.17, 15) is 14.7 Å². The molecular formula is C19H25ClN2O5. The van der Waals surface area contributed by atoms with Crippen LogP contribution >= 0.6 is 11.6 Å². The molecule has 1 aromatic rings. The fourth-order valence-corrected chi connectivity index (χ4v) is 4.53. The van der Waals surface area contributed by atoms with Crippen LogP contribution in [0.3, 0.4) is 0 Å². The lowest BCUT2D eigenvalue weighted by molar-refractivity contribution is -0.149. The van der Waals surface area contributed by atoms with Gasteiger partial charge in [0.2, 0.25) is 0 Å². The molecule has 148 valence electrons. The van der Waals surface area contributed by atoms with Gasteiger partial charge in [0.05, 0.1) is 24.2 Å². The molecule has 1 aliphatic heterocycles. The molecule has 2 aliphatic rings. The summed E-state index contributed by atoms with van der Waals surface area (Å²) in [5.74, 6) is 0.241. The first kappa shape index (κ1) is 19.6. The van der Waals surface area contributed by atoms with Crippen molar-refractivity contribution in [3.8, 4) is 11.5 Å². The SMILES string of the molecule is CCOc1c(Cl)cc(CNC(=O)N2C[C@@H]3CCC[C@@]3(C(=O)O)C2)cc1OC. The zero-order chi connectivity index (χ0) is 19.6. The number of ether oxygens (including phenoxy) is 2. The molecule has 2 N–H and O–H groups in total. The number of carbonyl (C=O) groups is 2. The normalized spacial score (nSPS) is 23.8. The van der Waals surface area contributed by atoms with Gasteiger partial charge in [-0.2, -0.15) is 0 Å². The van der Waals surface area contributed by atoms with E-state index in [0.29, 0.717) is 36.1 Å². The van der Waals surface area contributed by atoms with Gasteiger partial charge in [-0.25, -0.2) is 4.79 Å². The molecule has 27 heavy (non-hydrogen) atoms. The molecule has 8 heteroatoms. The fraction of sp³-hybridized carbons (Fsp3) is 0.579. The molecule has 0 aromatic heterocycles. The van der Waals surface area contributed by atoms with E-state index in [-0.39, 0.29) is 25.0 Å². The molecule has 2 fully saturated rings. The number of amides is 2. The van der Waals surface area contributed by atoms with Gasteiger partial charge in [-0.05, 0) is 43.4 Å². The number of carbonyl (C=O) groups excluding carboxylic acids is 1. The highest BCUT2D eigenvalue weighted by Crippen LogP contribution is 2.48. The Kier molecular flexibility index (Phi) is 5.69. The van der Waals surface area contributed by atoms with Gasteiger partial charge in [0, 0.05) is 19.6 Å².